The molecule has 3 heterocycles. The molecule has 0 unspecified atom stereocenters. The van der Waals surface area contributed by atoms with E-state index in [1.807, 2.05) is 18.6 Å². The van der Waals surface area contributed by atoms with E-state index >= 15 is 0 Å². The van der Waals surface area contributed by atoms with Crippen molar-refractivity contribution >= 4 is 5.82 Å². The molecular weight excluding hydrogens is 224 g/mol. The predicted octanol–water partition coefficient (Wildman–Crippen LogP) is 2.81. The van der Waals surface area contributed by atoms with E-state index in [1.54, 1.807) is 0 Å². The summed E-state index contributed by atoms with van der Waals surface area (Å²) in [5, 5.41) is 3.53. The zero-order valence-corrected chi connectivity index (χ0v) is 10.6. The third kappa shape index (κ3) is 1.26. The Labute approximate surface area is 106 Å². The number of anilines is 1. The summed E-state index contributed by atoms with van der Waals surface area (Å²) in [6, 6.07) is 4.06. The van der Waals surface area contributed by atoms with Crippen molar-refractivity contribution in [1.29, 1.82) is 0 Å². The van der Waals surface area contributed by atoms with Crippen molar-refractivity contribution in [3.05, 3.63) is 36.0 Å². The fourth-order valence-electron chi connectivity index (χ4n) is 2.86. The zero-order valence-electron chi connectivity index (χ0n) is 10.6. The Morgan fingerprint density at radius 1 is 1.33 bits per heavy atom. The monoisotopic (exact) mass is 240 g/mol. The van der Waals surface area contributed by atoms with Gasteiger partial charge in [0.15, 0.2) is 5.82 Å². The maximum absolute atomic E-state index is 4.65. The second kappa shape index (κ2) is 3.13. The normalized spacial score (nSPS) is 19.9. The van der Waals surface area contributed by atoms with Crippen molar-refractivity contribution in [1.82, 2.24) is 14.5 Å². The molecule has 2 aliphatic rings. The first-order chi connectivity index (χ1) is 8.67. The highest BCUT2D eigenvalue weighted by Gasteiger charge is 2.39. The van der Waals surface area contributed by atoms with Crippen LogP contribution in [0.5, 0.6) is 0 Å². The molecule has 92 valence electrons. The van der Waals surface area contributed by atoms with Gasteiger partial charge in [-0.2, -0.15) is 0 Å². The molecule has 0 amide bonds. The fraction of sp³-hybridized carbons (Fsp3) is 0.429. The molecule has 0 radical (unpaired) electrons. The van der Waals surface area contributed by atoms with Crippen LogP contribution in [-0.4, -0.2) is 14.5 Å². The third-order valence-corrected chi connectivity index (χ3v) is 3.83. The van der Waals surface area contributed by atoms with E-state index in [9.17, 15) is 0 Å². The van der Waals surface area contributed by atoms with E-state index < -0.39 is 0 Å². The summed E-state index contributed by atoms with van der Waals surface area (Å²) in [5.74, 6) is 1.61. The van der Waals surface area contributed by atoms with Gasteiger partial charge in [0, 0.05) is 12.1 Å². The summed E-state index contributed by atoms with van der Waals surface area (Å²) >= 11 is 0. The summed E-state index contributed by atoms with van der Waals surface area (Å²) in [4.78, 5) is 9.07. The number of rotatable bonds is 1. The molecule has 1 N–H and O–H groups in total. The largest absolute Gasteiger partial charge is 0.358 e. The molecule has 0 atom stereocenters. The lowest BCUT2D eigenvalue weighted by Gasteiger charge is -2.34. The summed E-state index contributed by atoms with van der Waals surface area (Å²) in [6.45, 7) is 4.40. The van der Waals surface area contributed by atoms with E-state index in [1.165, 1.54) is 24.2 Å². The molecule has 1 saturated carbocycles. The molecule has 4 rings (SSSR count). The number of nitrogens with one attached hydrogen (secondary N) is 1. The Morgan fingerprint density at radius 2 is 2.17 bits per heavy atom. The highest BCUT2D eigenvalue weighted by Crippen LogP contribution is 2.46. The third-order valence-electron chi connectivity index (χ3n) is 3.83. The minimum absolute atomic E-state index is 0.115. The molecule has 18 heavy (non-hydrogen) atoms. The minimum Gasteiger partial charge on any atom is -0.358 e. The van der Waals surface area contributed by atoms with Gasteiger partial charge in [-0.1, -0.05) is 0 Å². The van der Waals surface area contributed by atoms with Crippen LogP contribution >= 0.6 is 0 Å². The Balaban J connectivity index is 1.99. The highest BCUT2D eigenvalue weighted by molar-refractivity contribution is 5.62. The summed E-state index contributed by atoms with van der Waals surface area (Å²) < 4.78 is 2.20. The number of nitrogens with zero attached hydrogens (tertiary/aromatic N) is 3. The molecule has 1 aliphatic carbocycles. The molecule has 0 aromatic carbocycles. The number of aromatic nitrogens is 3. The molecule has 0 saturated heterocycles. The second-order valence-electron chi connectivity index (χ2n) is 5.74. The Kier molecular flexibility index (Phi) is 1.76. The van der Waals surface area contributed by atoms with Crippen molar-refractivity contribution in [2.24, 2.45) is 0 Å². The van der Waals surface area contributed by atoms with Crippen molar-refractivity contribution in [2.45, 2.75) is 38.1 Å². The van der Waals surface area contributed by atoms with E-state index in [-0.39, 0.29) is 5.54 Å². The first-order valence-corrected chi connectivity index (χ1v) is 6.48. The number of hydrogen-bond acceptors (Lipinski definition) is 3. The van der Waals surface area contributed by atoms with Crippen LogP contribution in [0.15, 0.2) is 24.7 Å². The number of hydrogen-bond donors (Lipinski definition) is 1. The quantitative estimate of drug-likeness (QED) is 0.833. The Morgan fingerprint density at radius 3 is 2.94 bits per heavy atom. The first-order valence-electron chi connectivity index (χ1n) is 6.48. The van der Waals surface area contributed by atoms with Crippen LogP contribution in [0.3, 0.4) is 0 Å². The van der Waals surface area contributed by atoms with Crippen molar-refractivity contribution in [3.63, 3.8) is 0 Å². The first kappa shape index (κ1) is 10.1. The highest BCUT2D eigenvalue weighted by atomic mass is 15.2. The smallest absolute Gasteiger partial charge is 0.151 e. The molecule has 0 spiro atoms. The van der Waals surface area contributed by atoms with Gasteiger partial charge in [0.2, 0.25) is 0 Å². The van der Waals surface area contributed by atoms with Gasteiger partial charge in [0.1, 0.15) is 0 Å². The van der Waals surface area contributed by atoms with E-state index in [0.29, 0.717) is 5.92 Å². The fourth-order valence-corrected chi connectivity index (χ4v) is 2.86. The van der Waals surface area contributed by atoms with Crippen molar-refractivity contribution < 1.29 is 0 Å². The van der Waals surface area contributed by atoms with Gasteiger partial charge in [-0.25, -0.2) is 9.97 Å². The maximum atomic E-state index is 4.65. The molecule has 2 aromatic rings. The van der Waals surface area contributed by atoms with Gasteiger partial charge < -0.3 is 5.32 Å². The Hall–Kier alpha value is -1.84. The van der Waals surface area contributed by atoms with E-state index in [2.05, 4.69) is 39.8 Å². The van der Waals surface area contributed by atoms with Crippen LogP contribution in [0, 0.1) is 0 Å². The minimum atomic E-state index is -0.115. The lowest BCUT2D eigenvalue weighted by Crippen LogP contribution is -2.36. The van der Waals surface area contributed by atoms with Crippen LogP contribution < -0.4 is 5.32 Å². The van der Waals surface area contributed by atoms with Crippen molar-refractivity contribution in [3.8, 4) is 5.69 Å². The molecule has 4 nitrogen and oxygen atoms in total. The van der Waals surface area contributed by atoms with E-state index in [4.69, 9.17) is 0 Å². The molecular formula is C14H16N4. The topological polar surface area (TPSA) is 42.7 Å². The lowest BCUT2D eigenvalue weighted by atomic mass is 9.94. The average molecular weight is 240 g/mol. The maximum Gasteiger partial charge on any atom is 0.151 e. The average Bonchev–Trinajstić information content (AvgIpc) is 3.07. The number of fused-ring (bicyclic) bond motifs is 3. The van der Waals surface area contributed by atoms with Crippen LogP contribution in [0.4, 0.5) is 5.82 Å². The molecule has 1 aliphatic heterocycles. The van der Waals surface area contributed by atoms with Crippen LogP contribution in [0.25, 0.3) is 5.69 Å². The van der Waals surface area contributed by atoms with Crippen LogP contribution in [0.1, 0.15) is 44.0 Å². The summed E-state index contributed by atoms with van der Waals surface area (Å²) in [7, 11) is 0. The predicted molar refractivity (Wildman–Crippen MR) is 70.0 cm³/mol. The van der Waals surface area contributed by atoms with Gasteiger partial charge in [-0.15, -0.1) is 0 Å². The van der Waals surface area contributed by atoms with Gasteiger partial charge in [0.25, 0.3) is 0 Å². The van der Waals surface area contributed by atoms with E-state index in [0.717, 1.165) is 11.5 Å². The van der Waals surface area contributed by atoms with Gasteiger partial charge >= 0.3 is 0 Å². The molecule has 4 heteroatoms. The van der Waals surface area contributed by atoms with Gasteiger partial charge in [-0.05, 0) is 38.8 Å². The number of pyridine rings is 1. The lowest BCUT2D eigenvalue weighted by molar-refractivity contribution is 0.548. The Bertz CT molecular complexity index is 622. The summed E-state index contributed by atoms with van der Waals surface area (Å²) in [6.07, 6.45) is 6.33. The second-order valence-corrected chi connectivity index (χ2v) is 5.74. The number of imidazole rings is 1. The molecule has 1 fully saturated rings. The summed E-state index contributed by atoms with van der Waals surface area (Å²) in [5.41, 5.74) is 3.55. The van der Waals surface area contributed by atoms with Crippen molar-refractivity contribution in [2.75, 3.05) is 5.32 Å². The zero-order chi connectivity index (χ0) is 12.3. The standard InChI is InChI=1S/C14H16N4/c1-14(2)12-11(9-5-6-9)16-8-18(12)10-4-3-7-15-13(10)17-14/h3-4,7-9H,5-6H2,1-2H3,(H,15,17). The van der Waals surface area contributed by atoms with Gasteiger partial charge in [0.05, 0.1) is 28.9 Å². The van der Waals surface area contributed by atoms with Gasteiger partial charge in [-0.3, -0.25) is 4.57 Å². The SMILES string of the molecule is CC1(C)Nc2ncccc2-n2cnc(C3CC3)c21. The molecule has 2 aromatic heterocycles. The van der Waals surface area contributed by atoms with Crippen LogP contribution in [0.2, 0.25) is 0 Å². The van der Waals surface area contributed by atoms with Crippen LogP contribution in [-0.2, 0) is 5.54 Å². The molecule has 0 bridgehead atoms.